The van der Waals surface area contributed by atoms with Gasteiger partial charge in [0, 0.05) is 47.1 Å². The highest BCUT2D eigenvalue weighted by Crippen LogP contribution is 2.23. The Balaban J connectivity index is 1.81. The van der Waals surface area contributed by atoms with Crippen LogP contribution in [0.25, 0.3) is 10.9 Å². The predicted molar refractivity (Wildman–Crippen MR) is 98.3 cm³/mol. The summed E-state index contributed by atoms with van der Waals surface area (Å²) in [5.41, 5.74) is 4.06. The minimum Gasteiger partial charge on any atom is -0.383 e. The summed E-state index contributed by atoms with van der Waals surface area (Å²) in [6.45, 7) is 3.50. The van der Waals surface area contributed by atoms with Crippen LogP contribution in [0.4, 0.5) is 5.69 Å². The maximum atomic E-state index is 12.3. The zero-order valence-corrected chi connectivity index (χ0v) is 14.3. The minimum atomic E-state index is -0.202. The Morgan fingerprint density at radius 3 is 2.60 bits per heavy atom. The fraction of sp³-hybridized carbons (Fsp3) is 0.200. The van der Waals surface area contributed by atoms with Gasteiger partial charge in [0.25, 0.3) is 5.91 Å². The number of amides is 1. The summed E-state index contributed by atoms with van der Waals surface area (Å²) in [6, 6.07) is 14.5. The van der Waals surface area contributed by atoms with Gasteiger partial charge in [-0.25, -0.2) is 0 Å². The molecule has 0 unspecified atom stereocenters. The van der Waals surface area contributed by atoms with E-state index in [2.05, 4.69) is 22.9 Å². The highest BCUT2D eigenvalue weighted by Gasteiger charge is 2.09. The molecule has 5 heteroatoms. The summed E-state index contributed by atoms with van der Waals surface area (Å²) in [5.74, 6) is -0.202. The fourth-order valence-corrected chi connectivity index (χ4v) is 2.88. The van der Waals surface area contributed by atoms with E-state index < -0.39 is 0 Å². The largest absolute Gasteiger partial charge is 0.383 e. The van der Waals surface area contributed by atoms with Crippen molar-refractivity contribution < 1.29 is 14.3 Å². The summed E-state index contributed by atoms with van der Waals surface area (Å²) in [7, 11) is 1.69. The molecular weight excluding hydrogens is 316 g/mol. The first-order chi connectivity index (χ1) is 12.1. The van der Waals surface area contributed by atoms with Crippen LogP contribution in [0.2, 0.25) is 0 Å². The highest BCUT2D eigenvalue weighted by atomic mass is 16.5. The lowest BCUT2D eigenvalue weighted by molar-refractivity contribution is 0.102. The zero-order chi connectivity index (χ0) is 17.8. The van der Waals surface area contributed by atoms with Crippen LogP contribution in [-0.4, -0.2) is 30.5 Å². The van der Waals surface area contributed by atoms with E-state index in [0.717, 1.165) is 35.1 Å². The molecule has 1 amide bonds. The molecule has 25 heavy (non-hydrogen) atoms. The van der Waals surface area contributed by atoms with Crippen LogP contribution in [0.15, 0.2) is 48.5 Å². The molecule has 5 nitrogen and oxygen atoms in total. The van der Waals surface area contributed by atoms with Crippen LogP contribution in [0.3, 0.4) is 0 Å². The van der Waals surface area contributed by atoms with Crippen molar-refractivity contribution in [3.63, 3.8) is 0 Å². The first-order valence-electron chi connectivity index (χ1n) is 8.08. The Morgan fingerprint density at radius 1 is 1.16 bits per heavy atom. The lowest BCUT2D eigenvalue weighted by Crippen LogP contribution is -2.11. The Kier molecular flexibility index (Phi) is 4.95. The van der Waals surface area contributed by atoms with E-state index in [9.17, 15) is 9.59 Å². The van der Waals surface area contributed by atoms with Gasteiger partial charge >= 0.3 is 0 Å². The number of ether oxygens (including phenoxy) is 1. The first kappa shape index (κ1) is 16.9. The maximum absolute atomic E-state index is 12.3. The highest BCUT2D eigenvalue weighted by molar-refractivity contribution is 6.05. The maximum Gasteiger partial charge on any atom is 0.255 e. The van der Waals surface area contributed by atoms with Crippen LogP contribution in [0.1, 0.15) is 26.4 Å². The third kappa shape index (κ3) is 3.61. The van der Waals surface area contributed by atoms with Crippen LogP contribution in [0.5, 0.6) is 0 Å². The van der Waals surface area contributed by atoms with Crippen molar-refractivity contribution in [2.75, 3.05) is 19.0 Å². The molecule has 1 heterocycles. The summed E-state index contributed by atoms with van der Waals surface area (Å²) in [4.78, 5) is 23.0. The molecule has 0 saturated carbocycles. The van der Waals surface area contributed by atoms with Crippen molar-refractivity contribution in [1.82, 2.24) is 4.57 Å². The Bertz CT molecular complexity index is 911. The van der Waals surface area contributed by atoms with Gasteiger partial charge in [-0.3, -0.25) is 9.59 Å². The van der Waals surface area contributed by atoms with Crippen LogP contribution in [-0.2, 0) is 11.3 Å². The second-order valence-corrected chi connectivity index (χ2v) is 5.90. The first-order valence-corrected chi connectivity index (χ1v) is 8.08. The van der Waals surface area contributed by atoms with Crippen LogP contribution >= 0.6 is 0 Å². The lowest BCUT2D eigenvalue weighted by Gasteiger charge is -2.09. The number of benzene rings is 2. The molecule has 0 saturated heterocycles. The van der Waals surface area contributed by atoms with E-state index in [1.54, 1.807) is 31.4 Å². The number of hydrogen-bond donors (Lipinski definition) is 1. The number of nitrogens with zero attached hydrogens (tertiary/aromatic N) is 1. The molecule has 1 N–H and O–H groups in total. The number of nitrogens with one attached hydrogen (secondary N) is 1. The average Bonchev–Trinajstić information content (AvgIpc) is 2.94. The number of hydrogen-bond acceptors (Lipinski definition) is 3. The van der Waals surface area contributed by atoms with Crippen molar-refractivity contribution in [3.8, 4) is 0 Å². The summed E-state index contributed by atoms with van der Waals surface area (Å²) >= 11 is 0. The van der Waals surface area contributed by atoms with Gasteiger partial charge in [-0.1, -0.05) is 12.1 Å². The van der Waals surface area contributed by atoms with E-state index >= 15 is 0 Å². The number of rotatable bonds is 6. The van der Waals surface area contributed by atoms with Crippen LogP contribution < -0.4 is 5.32 Å². The standard InChI is InChI=1S/C20H20N2O3/c1-14-11-17-12-18(7-8-19(17)22(14)9-10-25-2)21-20(24)16-5-3-15(13-23)4-6-16/h3-8,11-13H,9-10H2,1-2H3,(H,21,24). The molecule has 0 aliphatic rings. The van der Waals surface area contributed by atoms with E-state index in [0.29, 0.717) is 17.7 Å². The number of aromatic nitrogens is 1. The number of fused-ring (bicyclic) bond motifs is 1. The molecule has 3 aromatic rings. The summed E-state index contributed by atoms with van der Waals surface area (Å²) in [5, 5.41) is 3.97. The SMILES string of the molecule is COCCn1c(C)cc2cc(NC(=O)c3ccc(C=O)cc3)ccc21. The topological polar surface area (TPSA) is 60.3 Å². The van der Waals surface area contributed by atoms with Gasteiger partial charge in [-0.2, -0.15) is 0 Å². The molecule has 0 bridgehead atoms. The van der Waals surface area contributed by atoms with E-state index in [-0.39, 0.29) is 5.91 Å². The summed E-state index contributed by atoms with van der Waals surface area (Å²) in [6.07, 6.45) is 0.756. The van der Waals surface area contributed by atoms with Gasteiger partial charge in [0.05, 0.1) is 6.61 Å². The smallest absolute Gasteiger partial charge is 0.255 e. The molecule has 0 spiro atoms. The second-order valence-electron chi connectivity index (χ2n) is 5.90. The van der Waals surface area contributed by atoms with Crippen molar-refractivity contribution >= 4 is 28.8 Å². The van der Waals surface area contributed by atoms with Crippen molar-refractivity contribution in [2.24, 2.45) is 0 Å². The fourth-order valence-electron chi connectivity index (χ4n) is 2.88. The molecule has 1 aromatic heterocycles. The predicted octanol–water partition coefficient (Wildman–Crippen LogP) is 3.66. The normalized spacial score (nSPS) is 10.8. The van der Waals surface area contributed by atoms with Crippen LogP contribution in [0, 0.1) is 6.92 Å². The van der Waals surface area contributed by atoms with Gasteiger partial charge < -0.3 is 14.6 Å². The minimum absolute atomic E-state index is 0.202. The molecule has 128 valence electrons. The molecule has 0 fully saturated rings. The van der Waals surface area contributed by atoms with Gasteiger partial charge in [-0.05, 0) is 43.3 Å². The number of aryl methyl sites for hydroxylation is 1. The van der Waals surface area contributed by atoms with E-state index in [4.69, 9.17) is 4.74 Å². The molecule has 3 rings (SSSR count). The second kappa shape index (κ2) is 7.32. The molecular formula is C20H20N2O3. The number of carbonyl (C=O) groups excluding carboxylic acids is 2. The Labute approximate surface area is 146 Å². The molecule has 0 atom stereocenters. The van der Waals surface area contributed by atoms with Crippen molar-refractivity contribution in [3.05, 3.63) is 65.4 Å². The number of carbonyl (C=O) groups is 2. The lowest BCUT2D eigenvalue weighted by atomic mass is 10.1. The Hall–Kier alpha value is -2.92. The van der Waals surface area contributed by atoms with Crippen molar-refractivity contribution in [1.29, 1.82) is 0 Å². The number of anilines is 1. The third-order valence-corrected chi connectivity index (χ3v) is 4.19. The van der Waals surface area contributed by atoms with Gasteiger partial charge in [-0.15, -0.1) is 0 Å². The quantitative estimate of drug-likeness (QED) is 0.699. The third-order valence-electron chi connectivity index (χ3n) is 4.19. The van der Waals surface area contributed by atoms with Crippen molar-refractivity contribution in [2.45, 2.75) is 13.5 Å². The van der Waals surface area contributed by atoms with E-state index in [1.165, 1.54) is 0 Å². The average molecular weight is 336 g/mol. The van der Waals surface area contributed by atoms with Gasteiger partial charge in [0.1, 0.15) is 6.29 Å². The monoisotopic (exact) mass is 336 g/mol. The Morgan fingerprint density at radius 2 is 1.92 bits per heavy atom. The molecule has 0 aliphatic heterocycles. The summed E-state index contributed by atoms with van der Waals surface area (Å²) < 4.78 is 7.36. The van der Waals surface area contributed by atoms with E-state index in [1.807, 2.05) is 18.2 Å². The zero-order valence-electron chi connectivity index (χ0n) is 14.3. The molecule has 0 radical (unpaired) electrons. The molecule has 2 aromatic carbocycles. The number of aldehydes is 1. The number of methoxy groups -OCH3 is 1. The molecule has 0 aliphatic carbocycles. The van der Waals surface area contributed by atoms with Gasteiger partial charge in [0.2, 0.25) is 0 Å². The van der Waals surface area contributed by atoms with Gasteiger partial charge in [0.15, 0.2) is 0 Å².